The first-order valence-corrected chi connectivity index (χ1v) is 13.2. The molecule has 0 unspecified atom stereocenters. The number of sulfone groups is 1. The summed E-state index contributed by atoms with van der Waals surface area (Å²) in [4.78, 5) is 29.5. The molecule has 2 fully saturated rings. The Kier molecular flexibility index (Phi) is 6.80. The molecular weight excluding hydrogens is 493 g/mol. The van der Waals surface area contributed by atoms with Crippen LogP contribution >= 0.6 is 35.0 Å². The van der Waals surface area contributed by atoms with Crippen molar-refractivity contribution >= 4 is 61.8 Å². The van der Waals surface area contributed by atoms with Crippen LogP contribution < -0.4 is 5.43 Å². The average Bonchev–Trinajstić information content (AvgIpc) is 3.17. The van der Waals surface area contributed by atoms with Gasteiger partial charge in [-0.15, -0.1) is 0 Å². The molecule has 0 bridgehead atoms. The highest BCUT2D eigenvalue weighted by Crippen LogP contribution is 2.37. The maximum absolute atomic E-state index is 12.7. The van der Waals surface area contributed by atoms with Gasteiger partial charge in [0.05, 0.1) is 30.4 Å². The van der Waals surface area contributed by atoms with Gasteiger partial charge in [-0.05, 0) is 23.3 Å². The third kappa shape index (κ3) is 5.28. The Morgan fingerprint density at radius 1 is 1.00 bits per heavy atom. The molecule has 0 spiro atoms. The molecule has 2 saturated heterocycles. The van der Waals surface area contributed by atoms with Crippen molar-refractivity contribution < 1.29 is 18.0 Å². The number of hydrogen-bond donors (Lipinski definition) is 1. The number of carbonyl (C=O) groups excluding carboxylic acids is 2. The molecule has 2 aromatic carbocycles. The predicted octanol–water partition coefficient (Wildman–Crippen LogP) is 2.91. The summed E-state index contributed by atoms with van der Waals surface area (Å²) in [6, 6.07) is 13.5. The van der Waals surface area contributed by atoms with E-state index in [1.54, 1.807) is 48.5 Å². The number of nitrogens with one attached hydrogen (secondary N) is 1. The van der Waals surface area contributed by atoms with E-state index in [1.165, 1.54) is 16.8 Å². The van der Waals surface area contributed by atoms with E-state index < -0.39 is 21.8 Å². The summed E-state index contributed by atoms with van der Waals surface area (Å²) < 4.78 is 24.3. The van der Waals surface area contributed by atoms with Crippen LogP contribution in [0.1, 0.15) is 11.1 Å². The third-order valence-electron chi connectivity index (χ3n) is 5.14. The smallest absolute Gasteiger partial charge is 0.252 e. The van der Waals surface area contributed by atoms with Crippen molar-refractivity contribution in [1.82, 2.24) is 10.4 Å². The lowest BCUT2D eigenvalue weighted by Crippen LogP contribution is -2.50. The van der Waals surface area contributed by atoms with Crippen molar-refractivity contribution in [3.05, 3.63) is 69.7 Å². The van der Waals surface area contributed by atoms with Gasteiger partial charge >= 0.3 is 0 Å². The summed E-state index contributed by atoms with van der Waals surface area (Å²) >= 11 is 13.5. The van der Waals surface area contributed by atoms with Gasteiger partial charge in [0.15, 0.2) is 15.0 Å². The second-order valence-corrected chi connectivity index (χ2v) is 11.7. The Morgan fingerprint density at radius 2 is 1.59 bits per heavy atom. The number of halogens is 2. The number of hydrazine groups is 1. The zero-order valence-corrected chi connectivity index (χ0v) is 19.8. The molecule has 32 heavy (non-hydrogen) atoms. The minimum Gasteiger partial charge on any atom is -0.273 e. The summed E-state index contributed by atoms with van der Waals surface area (Å²) in [7, 11) is -3.24. The Balaban J connectivity index is 1.53. The number of fused-ring (bicyclic) bond motifs is 1. The zero-order valence-electron chi connectivity index (χ0n) is 16.7. The van der Waals surface area contributed by atoms with Gasteiger partial charge in [0, 0.05) is 15.3 Å². The van der Waals surface area contributed by atoms with Crippen molar-refractivity contribution in [3.63, 3.8) is 0 Å². The van der Waals surface area contributed by atoms with Gasteiger partial charge < -0.3 is 0 Å². The molecule has 2 heterocycles. The molecular formula is C21H19Cl2N3O4S2. The molecule has 2 aromatic rings. The van der Waals surface area contributed by atoms with E-state index in [0.29, 0.717) is 21.2 Å². The molecule has 7 nitrogen and oxygen atoms in total. The monoisotopic (exact) mass is 511 g/mol. The Bertz CT molecular complexity index is 1200. The van der Waals surface area contributed by atoms with Crippen molar-refractivity contribution in [3.8, 4) is 0 Å². The molecule has 0 aromatic heterocycles. The summed E-state index contributed by atoms with van der Waals surface area (Å²) in [6.45, 7) is 0. The van der Waals surface area contributed by atoms with Crippen LogP contribution in [0, 0.1) is 0 Å². The SMILES string of the molecule is O=C(Cc1ccccc1Cl)N=C1S[C@H]2CS(=O)(=O)C[C@H]2N1NC(=O)Cc1ccccc1Cl. The fourth-order valence-corrected chi connectivity index (χ4v) is 7.91. The summed E-state index contributed by atoms with van der Waals surface area (Å²) in [5.41, 5.74) is 4.02. The minimum absolute atomic E-state index is 0.00122. The normalized spacial score (nSPS) is 22.7. The summed E-state index contributed by atoms with van der Waals surface area (Å²) in [6.07, 6.45) is 0.00456. The van der Waals surface area contributed by atoms with E-state index in [2.05, 4.69) is 10.4 Å². The van der Waals surface area contributed by atoms with Gasteiger partial charge in [-0.3, -0.25) is 20.0 Å². The van der Waals surface area contributed by atoms with Gasteiger partial charge in [-0.2, -0.15) is 4.99 Å². The maximum Gasteiger partial charge on any atom is 0.252 e. The van der Waals surface area contributed by atoms with E-state index in [-0.39, 0.29) is 40.7 Å². The molecule has 11 heteroatoms. The highest BCUT2D eigenvalue weighted by Gasteiger charge is 2.49. The molecule has 2 aliphatic rings. The van der Waals surface area contributed by atoms with Crippen molar-refractivity contribution in [2.75, 3.05) is 11.5 Å². The molecule has 4 rings (SSSR count). The zero-order chi connectivity index (χ0) is 22.9. The van der Waals surface area contributed by atoms with Gasteiger partial charge in [0.25, 0.3) is 5.91 Å². The third-order valence-corrected chi connectivity index (χ3v) is 9.09. The van der Waals surface area contributed by atoms with Crippen LogP contribution in [0.2, 0.25) is 10.0 Å². The molecule has 0 radical (unpaired) electrons. The first-order chi connectivity index (χ1) is 15.2. The van der Waals surface area contributed by atoms with Gasteiger partial charge in [0.2, 0.25) is 5.91 Å². The average molecular weight is 512 g/mol. The fraction of sp³-hybridized carbons (Fsp3) is 0.286. The van der Waals surface area contributed by atoms with Crippen LogP contribution in [-0.2, 0) is 32.3 Å². The van der Waals surface area contributed by atoms with E-state index in [4.69, 9.17) is 23.2 Å². The largest absolute Gasteiger partial charge is 0.273 e. The van der Waals surface area contributed by atoms with Crippen molar-refractivity contribution in [1.29, 1.82) is 0 Å². The molecule has 2 amide bonds. The standard InChI is InChI=1S/C21H19Cl2N3O4S2/c22-15-7-3-1-5-13(15)9-19(27)24-21-26(17-11-32(29,30)12-18(17)31-21)25-20(28)10-14-6-2-4-8-16(14)23/h1-8,17-18H,9-12H2,(H,25,28)/t17-,18+/m1/s1. The minimum atomic E-state index is -3.24. The summed E-state index contributed by atoms with van der Waals surface area (Å²) in [5.74, 6) is -0.963. The predicted molar refractivity (Wildman–Crippen MR) is 127 cm³/mol. The molecule has 2 aliphatic heterocycles. The van der Waals surface area contributed by atoms with Gasteiger partial charge in [0.1, 0.15) is 0 Å². The van der Waals surface area contributed by atoms with E-state index in [9.17, 15) is 18.0 Å². The first kappa shape index (κ1) is 23.1. The quantitative estimate of drug-likeness (QED) is 0.662. The Hall–Kier alpha value is -2.07. The fourth-order valence-electron chi connectivity index (χ4n) is 3.63. The lowest BCUT2D eigenvalue weighted by molar-refractivity contribution is -0.124. The number of carbonyl (C=O) groups is 2. The lowest BCUT2D eigenvalue weighted by Gasteiger charge is -2.25. The number of nitrogens with zero attached hydrogens (tertiary/aromatic N) is 2. The topological polar surface area (TPSA) is 95.9 Å². The van der Waals surface area contributed by atoms with E-state index in [0.717, 1.165) is 0 Å². The highest BCUT2D eigenvalue weighted by atomic mass is 35.5. The molecule has 168 valence electrons. The van der Waals surface area contributed by atoms with Crippen LogP contribution in [0.15, 0.2) is 53.5 Å². The van der Waals surface area contributed by atoms with Gasteiger partial charge in [-0.1, -0.05) is 71.4 Å². The van der Waals surface area contributed by atoms with Crippen molar-refractivity contribution in [2.45, 2.75) is 24.1 Å². The highest BCUT2D eigenvalue weighted by molar-refractivity contribution is 8.15. The summed E-state index contributed by atoms with van der Waals surface area (Å²) in [5, 5.41) is 2.31. The van der Waals surface area contributed by atoms with Crippen molar-refractivity contribution in [2.24, 2.45) is 4.99 Å². The Morgan fingerprint density at radius 3 is 2.22 bits per heavy atom. The molecule has 0 aliphatic carbocycles. The number of hydrogen-bond acceptors (Lipinski definition) is 5. The van der Waals surface area contributed by atoms with E-state index in [1.807, 2.05) is 0 Å². The van der Waals surface area contributed by atoms with Gasteiger partial charge in [-0.25, -0.2) is 8.42 Å². The Labute approximate surface area is 200 Å². The first-order valence-electron chi connectivity index (χ1n) is 9.76. The van der Waals surface area contributed by atoms with Crippen LogP contribution in [0.4, 0.5) is 0 Å². The second kappa shape index (κ2) is 9.43. The second-order valence-electron chi connectivity index (χ2n) is 7.53. The van der Waals surface area contributed by atoms with Crippen LogP contribution in [-0.4, -0.2) is 53.2 Å². The maximum atomic E-state index is 12.7. The number of rotatable bonds is 5. The van der Waals surface area contributed by atoms with Crippen LogP contribution in [0.25, 0.3) is 0 Å². The van der Waals surface area contributed by atoms with Crippen LogP contribution in [0.5, 0.6) is 0 Å². The number of aliphatic imine (C=N–C) groups is 1. The van der Waals surface area contributed by atoms with E-state index >= 15 is 0 Å². The number of amidine groups is 1. The lowest BCUT2D eigenvalue weighted by atomic mass is 10.1. The van der Waals surface area contributed by atoms with Crippen LogP contribution in [0.3, 0.4) is 0 Å². The molecule has 1 N–H and O–H groups in total. The molecule has 2 atom stereocenters. The number of benzene rings is 2. The molecule has 0 saturated carbocycles. The number of thioether (sulfide) groups is 1. The number of amides is 2.